The van der Waals surface area contributed by atoms with Gasteiger partial charge in [0.1, 0.15) is 5.01 Å². The van der Waals surface area contributed by atoms with Gasteiger partial charge >= 0.3 is 0 Å². The average molecular weight is 438 g/mol. The summed E-state index contributed by atoms with van der Waals surface area (Å²) < 4.78 is 2.46. The van der Waals surface area contributed by atoms with Crippen LogP contribution in [0, 0.1) is 0 Å². The van der Waals surface area contributed by atoms with Crippen molar-refractivity contribution >= 4 is 55.7 Å². The Labute approximate surface area is 180 Å². The van der Waals surface area contributed by atoms with Crippen molar-refractivity contribution in [2.24, 2.45) is 0 Å². The van der Waals surface area contributed by atoms with Crippen LogP contribution < -0.4 is 5.56 Å². The van der Waals surface area contributed by atoms with E-state index in [1.165, 1.54) is 11.3 Å². The fraction of sp³-hybridized carbons (Fsp3) is 0.0455. The first-order valence-electron chi connectivity index (χ1n) is 8.88. The highest BCUT2D eigenvalue weighted by molar-refractivity contribution is 7.22. The monoisotopic (exact) mass is 437 g/mol. The summed E-state index contributed by atoms with van der Waals surface area (Å²) in [7, 11) is 0. The first kappa shape index (κ1) is 18.3. The highest BCUT2D eigenvalue weighted by atomic mass is 35.5. The van der Waals surface area contributed by atoms with Crippen molar-refractivity contribution in [2.75, 3.05) is 0 Å². The zero-order valence-corrected chi connectivity index (χ0v) is 17.3. The van der Waals surface area contributed by atoms with Crippen LogP contribution in [0.4, 0.5) is 0 Å². The van der Waals surface area contributed by atoms with Crippen LogP contribution in [0.5, 0.6) is 0 Å². The van der Waals surface area contributed by atoms with Gasteiger partial charge in [-0.25, -0.2) is 9.97 Å². The second-order valence-electron chi connectivity index (χ2n) is 6.62. The Morgan fingerprint density at radius 1 is 0.931 bits per heavy atom. The van der Waals surface area contributed by atoms with E-state index < -0.39 is 0 Å². The van der Waals surface area contributed by atoms with Crippen LogP contribution in [0.1, 0.15) is 5.56 Å². The lowest BCUT2D eigenvalue weighted by atomic mass is 10.2. The Bertz CT molecular complexity index is 1430. The number of benzene rings is 3. The van der Waals surface area contributed by atoms with Crippen molar-refractivity contribution in [2.45, 2.75) is 6.54 Å². The minimum atomic E-state index is -0.0752. The van der Waals surface area contributed by atoms with Gasteiger partial charge in [-0.05, 0) is 29.8 Å². The Hall–Kier alpha value is -2.73. The summed E-state index contributed by atoms with van der Waals surface area (Å²) in [5.41, 5.74) is 3.26. The maximum atomic E-state index is 13.3. The summed E-state index contributed by atoms with van der Waals surface area (Å²) in [6.45, 7) is 0.470. The predicted octanol–water partition coefficient (Wildman–Crippen LogP) is 6.03. The van der Waals surface area contributed by atoms with E-state index in [0.29, 0.717) is 27.5 Å². The lowest BCUT2D eigenvalue weighted by Crippen LogP contribution is -2.21. The third-order valence-corrected chi connectivity index (χ3v) is 6.59. The Morgan fingerprint density at radius 2 is 1.72 bits per heavy atom. The highest BCUT2D eigenvalue weighted by Crippen LogP contribution is 2.35. The molecule has 3 aromatic carbocycles. The molecule has 0 spiro atoms. The van der Waals surface area contributed by atoms with Crippen LogP contribution in [0.15, 0.2) is 71.8 Å². The first-order chi connectivity index (χ1) is 14.1. The van der Waals surface area contributed by atoms with Gasteiger partial charge in [0, 0.05) is 5.56 Å². The van der Waals surface area contributed by atoms with E-state index in [1.54, 1.807) is 23.0 Å². The van der Waals surface area contributed by atoms with Gasteiger partial charge in [-0.3, -0.25) is 9.36 Å². The molecule has 0 aliphatic carbocycles. The minimum Gasteiger partial charge on any atom is -0.294 e. The summed E-state index contributed by atoms with van der Waals surface area (Å²) in [6.07, 6.45) is 1.60. The smallest absolute Gasteiger partial charge is 0.263 e. The molecule has 2 aromatic heterocycles. The molecule has 142 valence electrons. The molecule has 0 aliphatic rings. The number of aromatic nitrogens is 3. The van der Waals surface area contributed by atoms with E-state index in [1.807, 2.05) is 48.5 Å². The zero-order valence-electron chi connectivity index (χ0n) is 15.0. The molecule has 0 amide bonds. The SMILES string of the molecule is O=c1c2c(ccc3nc(-c4ccc(Cl)c(Cl)c4)sc32)ncn1Cc1ccccc1. The number of hydrogen-bond donors (Lipinski definition) is 0. The first-order valence-corrected chi connectivity index (χ1v) is 10.5. The topological polar surface area (TPSA) is 47.8 Å². The zero-order chi connectivity index (χ0) is 20.0. The van der Waals surface area contributed by atoms with E-state index >= 15 is 0 Å². The van der Waals surface area contributed by atoms with Gasteiger partial charge in [0.25, 0.3) is 5.56 Å². The predicted molar refractivity (Wildman–Crippen MR) is 120 cm³/mol. The van der Waals surface area contributed by atoms with Crippen molar-refractivity contribution in [3.05, 3.63) is 93.0 Å². The lowest BCUT2D eigenvalue weighted by molar-refractivity contribution is 0.749. The molecule has 0 radical (unpaired) electrons. The van der Waals surface area contributed by atoms with Crippen LogP contribution in [-0.2, 0) is 6.54 Å². The molecule has 0 aliphatic heterocycles. The highest BCUT2D eigenvalue weighted by Gasteiger charge is 2.14. The number of rotatable bonds is 3. The molecule has 0 bridgehead atoms. The van der Waals surface area contributed by atoms with Crippen LogP contribution >= 0.6 is 34.5 Å². The third kappa shape index (κ3) is 3.31. The van der Waals surface area contributed by atoms with Gasteiger partial charge in [-0.1, -0.05) is 59.6 Å². The van der Waals surface area contributed by atoms with Crippen molar-refractivity contribution in [1.82, 2.24) is 14.5 Å². The van der Waals surface area contributed by atoms with Gasteiger partial charge in [0.05, 0.1) is 44.0 Å². The molecule has 0 saturated heterocycles. The standard InChI is InChI=1S/C22H13Cl2N3OS/c23-15-7-6-14(10-16(15)24)21-26-18-9-8-17-19(20(18)29-21)22(28)27(12-25-17)11-13-4-2-1-3-5-13/h1-10,12H,11H2. The number of nitrogens with zero attached hydrogens (tertiary/aromatic N) is 3. The second-order valence-corrected chi connectivity index (χ2v) is 8.43. The molecule has 4 nitrogen and oxygen atoms in total. The summed E-state index contributed by atoms with van der Waals surface area (Å²) in [4.78, 5) is 22.5. The van der Waals surface area contributed by atoms with Crippen LogP contribution in [0.25, 0.3) is 31.7 Å². The summed E-state index contributed by atoms with van der Waals surface area (Å²) in [5.74, 6) is 0. The molecule has 0 atom stereocenters. The lowest BCUT2D eigenvalue weighted by Gasteiger charge is -2.07. The molecule has 5 rings (SSSR count). The second kappa shape index (κ2) is 7.26. The van der Waals surface area contributed by atoms with Gasteiger partial charge < -0.3 is 0 Å². The van der Waals surface area contributed by atoms with E-state index in [0.717, 1.165) is 26.4 Å². The third-order valence-electron chi connectivity index (χ3n) is 4.71. The molecule has 0 saturated carbocycles. The number of halogens is 2. The number of hydrogen-bond acceptors (Lipinski definition) is 4. The quantitative estimate of drug-likeness (QED) is 0.346. The Kier molecular flexibility index (Phi) is 4.59. The van der Waals surface area contributed by atoms with Gasteiger partial charge in [0.15, 0.2) is 0 Å². The van der Waals surface area contributed by atoms with Gasteiger partial charge in [0.2, 0.25) is 0 Å². The van der Waals surface area contributed by atoms with Gasteiger partial charge in [-0.15, -0.1) is 11.3 Å². The molecule has 0 fully saturated rings. The van der Waals surface area contributed by atoms with Crippen molar-refractivity contribution in [1.29, 1.82) is 0 Å². The van der Waals surface area contributed by atoms with E-state index in [-0.39, 0.29) is 5.56 Å². The van der Waals surface area contributed by atoms with Crippen LogP contribution in [0.2, 0.25) is 10.0 Å². The van der Waals surface area contributed by atoms with E-state index in [2.05, 4.69) is 4.98 Å². The number of thiazole rings is 1. The van der Waals surface area contributed by atoms with Crippen LogP contribution in [-0.4, -0.2) is 14.5 Å². The van der Waals surface area contributed by atoms with E-state index in [9.17, 15) is 4.79 Å². The molecule has 0 unspecified atom stereocenters. The minimum absolute atomic E-state index is 0.0752. The molecule has 0 N–H and O–H groups in total. The maximum absolute atomic E-state index is 13.3. The molecule has 5 aromatic rings. The maximum Gasteiger partial charge on any atom is 0.263 e. The normalized spacial score (nSPS) is 11.4. The fourth-order valence-electron chi connectivity index (χ4n) is 3.27. The van der Waals surface area contributed by atoms with E-state index in [4.69, 9.17) is 28.2 Å². The summed E-state index contributed by atoms with van der Waals surface area (Å²) >= 11 is 13.6. The van der Waals surface area contributed by atoms with Crippen LogP contribution in [0.3, 0.4) is 0 Å². The molecular formula is C22H13Cl2N3OS. The Morgan fingerprint density at radius 3 is 2.52 bits per heavy atom. The summed E-state index contributed by atoms with van der Waals surface area (Å²) in [5, 5.41) is 2.34. The van der Waals surface area contributed by atoms with Crippen molar-refractivity contribution in [3.8, 4) is 10.6 Å². The Balaban J connectivity index is 1.69. The fourth-order valence-corrected chi connectivity index (χ4v) is 4.66. The molecule has 2 heterocycles. The largest absolute Gasteiger partial charge is 0.294 e. The summed E-state index contributed by atoms with van der Waals surface area (Å²) in [6, 6.07) is 19.0. The van der Waals surface area contributed by atoms with Gasteiger partial charge in [-0.2, -0.15) is 0 Å². The average Bonchev–Trinajstić information content (AvgIpc) is 3.17. The molecular weight excluding hydrogens is 425 g/mol. The van der Waals surface area contributed by atoms with Crippen molar-refractivity contribution in [3.63, 3.8) is 0 Å². The van der Waals surface area contributed by atoms with Crippen molar-refractivity contribution < 1.29 is 0 Å². The molecule has 7 heteroatoms. The molecule has 29 heavy (non-hydrogen) atoms. The number of fused-ring (bicyclic) bond motifs is 3.